The van der Waals surface area contributed by atoms with E-state index in [0.29, 0.717) is 37.7 Å². The molecule has 0 bridgehead atoms. The average molecular weight is 396 g/mol. The Kier molecular flexibility index (Phi) is 5.62. The van der Waals surface area contributed by atoms with Gasteiger partial charge >= 0.3 is 6.03 Å². The predicted octanol–water partition coefficient (Wildman–Crippen LogP) is 4.19. The van der Waals surface area contributed by atoms with Crippen LogP contribution in [-0.4, -0.2) is 44.3 Å². The van der Waals surface area contributed by atoms with Crippen LogP contribution in [0, 0.1) is 0 Å². The van der Waals surface area contributed by atoms with Crippen molar-refractivity contribution in [2.45, 2.75) is 31.8 Å². The molecule has 2 amide bonds. The van der Waals surface area contributed by atoms with Gasteiger partial charge in [0, 0.05) is 18.7 Å². The number of hydrogen-bond acceptors (Lipinski definition) is 4. The van der Waals surface area contributed by atoms with Crippen molar-refractivity contribution in [1.82, 2.24) is 4.90 Å². The van der Waals surface area contributed by atoms with E-state index >= 15 is 0 Å². The zero-order valence-corrected chi connectivity index (χ0v) is 17.1. The van der Waals surface area contributed by atoms with Gasteiger partial charge in [-0.1, -0.05) is 24.3 Å². The summed E-state index contributed by atoms with van der Waals surface area (Å²) in [5.74, 6) is 1.57. The Morgan fingerprint density at radius 2 is 1.90 bits per heavy atom. The maximum atomic E-state index is 12.9. The molecule has 0 unspecified atom stereocenters. The molecule has 2 aromatic carbocycles. The SMILES string of the molecule is CCOc1ccccc1NC(=O)N1CCC2(CC1)OCCc1cccc(OC)c12. The molecule has 1 spiro atoms. The molecular weight excluding hydrogens is 368 g/mol. The molecule has 154 valence electrons. The van der Waals surface area contributed by atoms with Crippen LogP contribution in [0.15, 0.2) is 42.5 Å². The van der Waals surface area contributed by atoms with Crippen LogP contribution < -0.4 is 14.8 Å². The number of hydrogen-bond donors (Lipinski definition) is 1. The van der Waals surface area contributed by atoms with Gasteiger partial charge < -0.3 is 24.4 Å². The molecule has 2 heterocycles. The molecule has 1 N–H and O–H groups in total. The highest BCUT2D eigenvalue weighted by Gasteiger charge is 2.43. The summed E-state index contributed by atoms with van der Waals surface area (Å²) in [6.45, 7) is 4.44. The summed E-state index contributed by atoms with van der Waals surface area (Å²) in [6, 6.07) is 13.6. The van der Waals surface area contributed by atoms with Gasteiger partial charge in [-0.25, -0.2) is 4.79 Å². The van der Waals surface area contributed by atoms with Gasteiger partial charge in [-0.05, 0) is 49.9 Å². The molecule has 2 aromatic rings. The lowest BCUT2D eigenvalue weighted by molar-refractivity contribution is -0.0932. The Morgan fingerprint density at radius 1 is 1.14 bits per heavy atom. The first-order valence-electron chi connectivity index (χ1n) is 10.2. The fourth-order valence-corrected chi connectivity index (χ4v) is 4.41. The van der Waals surface area contributed by atoms with E-state index in [-0.39, 0.29) is 11.6 Å². The number of carbonyl (C=O) groups is 1. The van der Waals surface area contributed by atoms with Gasteiger partial charge in [-0.2, -0.15) is 0 Å². The number of methoxy groups -OCH3 is 1. The maximum absolute atomic E-state index is 12.9. The largest absolute Gasteiger partial charge is 0.496 e. The molecule has 0 aromatic heterocycles. The number of urea groups is 1. The first-order valence-corrected chi connectivity index (χ1v) is 10.2. The number of ether oxygens (including phenoxy) is 3. The fraction of sp³-hybridized carbons (Fsp3) is 0.435. The third kappa shape index (κ3) is 3.77. The number of nitrogens with one attached hydrogen (secondary N) is 1. The lowest BCUT2D eigenvalue weighted by Gasteiger charge is -2.45. The van der Waals surface area contributed by atoms with Crippen LogP contribution in [-0.2, 0) is 16.8 Å². The van der Waals surface area contributed by atoms with Crippen LogP contribution in [0.4, 0.5) is 10.5 Å². The minimum atomic E-state index is -0.375. The molecule has 0 saturated carbocycles. The number of benzene rings is 2. The van der Waals surface area contributed by atoms with Crippen molar-refractivity contribution < 1.29 is 19.0 Å². The third-order valence-corrected chi connectivity index (χ3v) is 5.82. The molecule has 4 rings (SSSR count). The number of carbonyl (C=O) groups excluding carboxylic acids is 1. The molecule has 0 radical (unpaired) electrons. The van der Waals surface area contributed by atoms with Crippen molar-refractivity contribution >= 4 is 11.7 Å². The van der Waals surface area contributed by atoms with E-state index in [1.807, 2.05) is 48.2 Å². The van der Waals surface area contributed by atoms with Crippen molar-refractivity contribution in [2.75, 3.05) is 38.7 Å². The predicted molar refractivity (Wildman–Crippen MR) is 112 cm³/mol. The summed E-state index contributed by atoms with van der Waals surface area (Å²) in [6.07, 6.45) is 2.40. The van der Waals surface area contributed by atoms with Gasteiger partial charge in [-0.3, -0.25) is 0 Å². The molecule has 0 aliphatic carbocycles. The molecule has 1 saturated heterocycles. The summed E-state index contributed by atoms with van der Waals surface area (Å²) in [5, 5.41) is 2.99. The number of nitrogens with zero attached hydrogens (tertiary/aromatic N) is 1. The highest BCUT2D eigenvalue weighted by Crippen LogP contribution is 2.45. The smallest absolute Gasteiger partial charge is 0.321 e. The first kappa shape index (κ1) is 19.6. The van der Waals surface area contributed by atoms with Crippen LogP contribution in [0.25, 0.3) is 0 Å². The van der Waals surface area contributed by atoms with Gasteiger partial charge in [0.2, 0.25) is 0 Å². The van der Waals surface area contributed by atoms with Crippen molar-refractivity contribution in [3.8, 4) is 11.5 Å². The Morgan fingerprint density at radius 3 is 2.66 bits per heavy atom. The van der Waals surface area contributed by atoms with E-state index in [2.05, 4.69) is 11.4 Å². The molecule has 29 heavy (non-hydrogen) atoms. The quantitative estimate of drug-likeness (QED) is 0.842. The van der Waals surface area contributed by atoms with Crippen molar-refractivity contribution in [2.24, 2.45) is 0 Å². The Balaban J connectivity index is 1.48. The monoisotopic (exact) mass is 396 g/mol. The lowest BCUT2D eigenvalue weighted by Crippen LogP contribution is -2.49. The highest BCUT2D eigenvalue weighted by molar-refractivity contribution is 5.91. The normalized spacial score (nSPS) is 17.5. The molecule has 2 aliphatic rings. The fourth-order valence-electron chi connectivity index (χ4n) is 4.41. The van der Waals surface area contributed by atoms with Gasteiger partial charge in [0.25, 0.3) is 0 Å². The Labute approximate surface area is 171 Å². The molecule has 6 nitrogen and oxygen atoms in total. The van der Waals surface area contributed by atoms with E-state index < -0.39 is 0 Å². The van der Waals surface area contributed by atoms with Crippen molar-refractivity contribution in [3.63, 3.8) is 0 Å². The van der Waals surface area contributed by atoms with E-state index in [9.17, 15) is 4.79 Å². The van der Waals surface area contributed by atoms with Gasteiger partial charge in [-0.15, -0.1) is 0 Å². The maximum Gasteiger partial charge on any atom is 0.321 e. The van der Waals surface area contributed by atoms with Crippen molar-refractivity contribution in [1.29, 1.82) is 0 Å². The Bertz CT molecular complexity index is 861. The second kappa shape index (κ2) is 8.33. The zero-order chi connectivity index (χ0) is 20.3. The molecule has 6 heteroatoms. The summed E-state index contributed by atoms with van der Waals surface area (Å²) in [4.78, 5) is 14.7. The van der Waals surface area contributed by atoms with Crippen LogP contribution >= 0.6 is 0 Å². The molecule has 1 fully saturated rings. The number of rotatable bonds is 4. The van der Waals surface area contributed by atoms with Crippen LogP contribution in [0.2, 0.25) is 0 Å². The minimum absolute atomic E-state index is 0.108. The van der Waals surface area contributed by atoms with E-state index in [0.717, 1.165) is 30.6 Å². The number of fused-ring (bicyclic) bond motifs is 2. The van der Waals surface area contributed by atoms with Gasteiger partial charge in [0.15, 0.2) is 0 Å². The van der Waals surface area contributed by atoms with Crippen molar-refractivity contribution in [3.05, 3.63) is 53.6 Å². The Hall–Kier alpha value is -2.73. The van der Waals surface area contributed by atoms with Crippen LogP contribution in [0.5, 0.6) is 11.5 Å². The average Bonchev–Trinajstić information content (AvgIpc) is 2.75. The second-order valence-corrected chi connectivity index (χ2v) is 7.43. The van der Waals surface area contributed by atoms with E-state index in [1.165, 1.54) is 5.56 Å². The lowest BCUT2D eigenvalue weighted by atomic mass is 9.79. The standard InChI is InChI=1S/C23H28N2O4/c1-3-28-19-9-5-4-8-18(19)24-22(26)25-14-12-23(13-15-25)21-17(11-16-29-23)7-6-10-20(21)27-2/h4-10H,3,11-16H2,1-2H3,(H,24,26). The number of para-hydroxylation sites is 2. The molecule has 0 atom stereocenters. The second-order valence-electron chi connectivity index (χ2n) is 7.43. The van der Waals surface area contributed by atoms with Crippen LogP contribution in [0.1, 0.15) is 30.9 Å². The summed E-state index contributed by atoms with van der Waals surface area (Å²) in [7, 11) is 1.70. The topological polar surface area (TPSA) is 60.0 Å². The van der Waals surface area contributed by atoms with Gasteiger partial charge in [0.05, 0.1) is 26.0 Å². The summed E-state index contributed by atoms with van der Waals surface area (Å²) in [5.41, 5.74) is 2.77. The van der Waals surface area contributed by atoms with Gasteiger partial charge in [0.1, 0.15) is 17.1 Å². The number of likely N-dealkylation sites (tertiary alicyclic amines) is 1. The first-order chi connectivity index (χ1) is 14.2. The number of piperidine rings is 1. The summed E-state index contributed by atoms with van der Waals surface area (Å²) < 4.78 is 17.6. The molecule has 2 aliphatic heterocycles. The van der Waals surface area contributed by atoms with E-state index in [1.54, 1.807) is 7.11 Å². The third-order valence-electron chi connectivity index (χ3n) is 5.82. The number of anilines is 1. The minimum Gasteiger partial charge on any atom is -0.496 e. The van der Waals surface area contributed by atoms with E-state index in [4.69, 9.17) is 14.2 Å². The van der Waals surface area contributed by atoms with Crippen LogP contribution in [0.3, 0.4) is 0 Å². The zero-order valence-electron chi connectivity index (χ0n) is 17.1. The highest BCUT2D eigenvalue weighted by atomic mass is 16.5. The summed E-state index contributed by atoms with van der Waals surface area (Å²) >= 11 is 0. The number of amides is 2. The molecular formula is C23H28N2O4.